The predicted molar refractivity (Wildman–Crippen MR) is 123 cm³/mol. The van der Waals surface area contributed by atoms with Crippen LogP contribution in [0.15, 0.2) is 60.7 Å². The first-order valence-electron chi connectivity index (χ1n) is 10.1. The van der Waals surface area contributed by atoms with Crippen molar-refractivity contribution in [2.24, 2.45) is 0 Å². The van der Waals surface area contributed by atoms with Crippen LogP contribution in [0.25, 0.3) is 11.1 Å². The number of ether oxygens (including phenoxy) is 2. The molecule has 0 radical (unpaired) electrons. The van der Waals surface area contributed by atoms with Crippen LogP contribution in [-0.2, 0) is 27.2 Å². The Hall–Kier alpha value is -3.38. The summed E-state index contributed by atoms with van der Waals surface area (Å²) >= 11 is 5.77. The highest BCUT2D eigenvalue weighted by Gasteiger charge is 2.14. The van der Waals surface area contributed by atoms with E-state index < -0.39 is 5.82 Å². The number of carbonyl (C=O) groups excluding carboxylic acids is 2. The van der Waals surface area contributed by atoms with E-state index in [1.807, 2.05) is 43.3 Å². The molecule has 0 fully saturated rings. The zero-order chi connectivity index (χ0) is 23.1. The van der Waals surface area contributed by atoms with E-state index >= 15 is 0 Å². The quantitative estimate of drug-likeness (QED) is 0.459. The Kier molecular flexibility index (Phi) is 7.84. The lowest BCUT2D eigenvalue weighted by Crippen LogP contribution is -2.16. The fraction of sp³-hybridized carbons (Fsp3) is 0.200. The molecule has 5 nitrogen and oxygen atoms in total. The number of methoxy groups -OCH3 is 1. The van der Waals surface area contributed by atoms with Gasteiger partial charge in [0.25, 0.3) is 0 Å². The first-order chi connectivity index (χ1) is 15.4. The molecule has 1 N–H and O–H groups in total. The Morgan fingerprint density at radius 2 is 1.78 bits per heavy atom. The summed E-state index contributed by atoms with van der Waals surface area (Å²) in [5, 5.41) is 2.82. The Bertz CT molecular complexity index is 1130. The summed E-state index contributed by atoms with van der Waals surface area (Å²) in [6.07, 6.45) is 0.163. The summed E-state index contributed by atoms with van der Waals surface area (Å²) in [5.74, 6) is -0.731. The highest BCUT2D eigenvalue weighted by atomic mass is 35.5. The summed E-state index contributed by atoms with van der Waals surface area (Å²) in [4.78, 5) is 24.2. The van der Waals surface area contributed by atoms with Crippen molar-refractivity contribution in [3.8, 4) is 16.9 Å². The monoisotopic (exact) mass is 455 g/mol. The molecule has 7 heteroatoms. The molecule has 1 amide bonds. The molecule has 0 spiro atoms. The van der Waals surface area contributed by atoms with Crippen molar-refractivity contribution < 1.29 is 23.5 Å². The number of esters is 1. The zero-order valence-electron chi connectivity index (χ0n) is 17.8. The van der Waals surface area contributed by atoms with Crippen LogP contribution in [0, 0.1) is 5.82 Å². The van der Waals surface area contributed by atoms with Crippen LogP contribution in [0.1, 0.15) is 18.1 Å². The van der Waals surface area contributed by atoms with Crippen LogP contribution in [0.2, 0.25) is 5.02 Å². The molecule has 0 aliphatic heterocycles. The maximum absolute atomic E-state index is 14.0. The third kappa shape index (κ3) is 6.08. The maximum atomic E-state index is 14.0. The lowest BCUT2D eigenvalue weighted by atomic mass is 9.98. The second-order valence-electron chi connectivity index (χ2n) is 7.06. The number of hydrogen-bond acceptors (Lipinski definition) is 4. The van der Waals surface area contributed by atoms with Gasteiger partial charge in [0.15, 0.2) is 0 Å². The van der Waals surface area contributed by atoms with Crippen molar-refractivity contribution >= 4 is 29.2 Å². The molecular formula is C25H23ClFNO4. The second kappa shape index (κ2) is 10.8. The number of rotatable bonds is 8. The Morgan fingerprint density at radius 3 is 2.50 bits per heavy atom. The van der Waals surface area contributed by atoms with Crippen molar-refractivity contribution in [3.63, 3.8) is 0 Å². The largest absolute Gasteiger partial charge is 0.494 e. The van der Waals surface area contributed by atoms with E-state index in [0.29, 0.717) is 17.9 Å². The smallest absolute Gasteiger partial charge is 0.309 e. The fourth-order valence-electron chi connectivity index (χ4n) is 3.25. The number of halogens is 2. The molecule has 0 saturated carbocycles. The minimum atomic E-state index is -0.605. The molecule has 0 aliphatic carbocycles. The number of carbonyl (C=O) groups is 2. The van der Waals surface area contributed by atoms with Crippen LogP contribution in [0.3, 0.4) is 0 Å². The average molecular weight is 456 g/mol. The Morgan fingerprint density at radius 1 is 1.00 bits per heavy atom. The van der Waals surface area contributed by atoms with Crippen LogP contribution in [0.5, 0.6) is 5.75 Å². The van der Waals surface area contributed by atoms with E-state index in [-0.39, 0.29) is 35.4 Å². The summed E-state index contributed by atoms with van der Waals surface area (Å²) < 4.78 is 24.4. The number of anilines is 1. The summed E-state index contributed by atoms with van der Waals surface area (Å²) in [7, 11) is 1.35. The van der Waals surface area contributed by atoms with Crippen molar-refractivity contribution in [1.82, 2.24) is 0 Å². The van der Waals surface area contributed by atoms with Gasteiger partial charge in [-0.15, -0.1) is 0 Å². The van der Waals surface area contributed by atoms with Gasteiger partial charge in [0, 0.05) is 10.6 Å². The molecule has 0 heterocycles. The molecular weight excluding hydrogens is 433 g/mol. The van der Waals surface area contributed by atoms with Gasteiger partial charge in [-0.1, -0.05) is 41.9 Å². The van der Waals surface area contributed by atoms with E-state index in [9.17, 15) is 14.0 Å². The van der Waals surface area contributed by atoms with E-state index in [0.717, 1.165) is 22.8 Å². The lowest BCUT2D eigenvalue weighted by Gasteiger charge is -2.13. The Balaban J connectivity index is 1.85. The normalized spacial score (nSPS) is 10.5. The second-order valence-corrected chi connectivity index (χ2v) is 7.49. The SMILES string of the molecule is CCOc1ccc(-c2cccc(CC(=O)OC)c2)cc1CC(=O)Nc1ccc(Cl)cc1F. The molecule has 32 heavy (non-hydrogen) atoms. The molecule has 0 unspecified atom stereocenters. The number of nitrogens with one attached hydrogen (secondary N) is 1. The minimum absolute atomic E-state index is 0.00685. The van der Waals surface area contributed by atoms with Gasteiger partial charge >= 0.3 is 5.97 Å². The van der Waals surface area contributed by atoms with E-state index in [4.69, 9.17) is 21.1 Å². The molecule has 0 aromatic heterocycles. The summed E-state index contributed by atoms with van der Waals surface area (Å²) in [5.41, 5.74) is 3.29. The van der Waals surface area contributed by atoms with Crippen LogP contribution >= 0.6 is 11.6 Å². The van der Waals surface area contributed by atoms with E-state index in [2.05, 4.69) is 5.32 Å². The summed E-state index contributed by atoms with van der Waals surface area (Å²) in [6, 6.07) is 17.2. The molecule has 3 aromatic carbocycles. The lowest BCUT2D eigenvalue weighted by molar-refractivity contribution is -0.139. The average Bonchev–Trinajstić information content (AvgIpc) is 2.77. The first kappa shape index (κ1) is 23.3. The van der Waals surface area contributed by atoms with Crippen LogP contribution in [0.4, 0.5) is 10.1 Å². The van der Waals surface area contributed by atoms with Crippen LogP contribution in [-0.4, -0.2) is 25.6 Å². The van der Waals surface area contributed by atoms with Gasteiger partial charge in [0.1, 0.15) is 11.6 Å². The Labute approximate surface area is 191 Å². The third-order valence-corrected chi connectivity index (χ3v) is 4.99. The molecule has 166 valence electrons. The molecule has 0 saturated heterocycles. The molecule has 0 aliphatic rings. The van der Waals surface area contributed by atoms with Crippen molar-refractivity contribution in [3.05, 3.63) is 82.6 Å². The van der Waals surface area contributed by atoms with Gasteiger partial charge in [0.2, 0.25) is 5.91 Å². The van der Waals surface area contributed by atoms with Crippen molar-refractivity contribution in [2.75, 3.05) is 19.0 Å². The highest BCUT2D eigenvalue weighted by Crippen LogP contribution is 2.29. The maximum Gasteiger partial charge on any atom is 0.309 e. The van der Waals surface area contributed by atoms with Crippen LogP contribution < -0.4 is 10.1 Å². The van der Waals surface area contributed by atoms with Gasteiger partial charge in [-0.2, -0.15) is 0 Å². The predicted octanol–water partition coefficient (Wildman–Crippen LogP) is 5.44. The van der Waals surface area contributed by atoms with Crippen molar-refractivity contribution in [1.29, 1.82) is 0 Å². The molecule has 0 bridgehead atoms. The first-order valence-corrected chi connectivity index (χ1v) is 10.4. The third-order valence-electron chi connectivity index (χ3n) is 4.75. The van der Waals surface area contributed by atoms with Gasteiger partial charge in [0.05, 0.1) is 32.2 Å². The van der Waals surface area contributed by atoms with E-state index in [1.165, 1.54) is 19.2 Å². The highest BCUT2D eigenvalue weighted by molar-refractivity contribution is 6.30. The van der Waals surface area contributed by atoms with Crippen molar-refractivity contribution in [2.45, 2.75) is 19.8 Å². The molecule has 3 rings (SSSR count). The number of hydrogen-bond donors (Lipinski definition) is 1. The number of amides is 1. The van der Waals surface area contributed by atoms with E-state index in [1.54, 1.807) is 6.07 Å². The summed E-state index contributed by atoms with van der Waals surface area (Å²) in [6.45, 7) is 2.30. The fourth-order valence-corrected chi connectivity index (χ4v) is 3.41. The van der Waals surface area contributed by atoms with Gasteiger partial charge < -0.3 is 14.8 Å². The zero-order valence-corrected chi connectivity index (χ0v) is 18.5. The minimum Gasteiger partial charge on any atom is -0.494 e. The van der Waals surface area contributed by atoms with Gasteiger partial charge in [-0.3, -0.25) is 9.59 Å². The number of benzene rings is 3. The van der Waals surface area contributed by atoms with Gasteiger partial charge in [-0.25, -0.2) is 4.39 Å². The topological polar surface area (TPSA) is 64.6 Å². The molecule has 3 aromatic rings. The van der Waals surface area contributed by atoms with Gasteiger partial charge in [-0.05, 0) is 53.9 Å². The standard InChI is InChI=1S/C25H23ClFNO4/c1-3-32-23-10-7-18(17-6-4-5-16(11-17)12-25(30)31-2)13-19(23)14-24(29)28-22-9-8-20(26)15-21(22)27/h4-11,13,15H,3,12,14H2,1-2H3,(H,28,29). The molecule has 0 atom stereocenters.